The maximum atomic E-state index is 11.8. The summed E-state index contributed by atoms with van der Waals surface area (Å²) < 4.78 is 22.4. The minimum atomic E-state index is -2.38. The van der Waals surface area contributed by atoms with E-state index < -0.39 is 6.98 Å². The molecule has 98 valence electrons. The van der Waals surface area contributed by atoms with Crippen LogP contribution in [0.25, 0.3) is 10.9 Å². The second-order valence-electron chi connectivity index (χ2n) is 4.34. The van der Waals surface area contributed by atoms with Gasteiger partial charge in [-0.1, -0.05) is 0 Å². The molecule has 0 saturated heterocycles. The number of nitrogens with zero attached hydrogens (tertiary/aromatic N) is 3. The van der Waals surface area contributed by atoms with E-state index in [0.29, 0.717) is 21.2 Å². The Kier molecular flexibility index (Phi) is 2.29. The Morgan fingerprint density at radius 3 is 3.11 bits per heavy atom. The van der Waals surface area contributed by atoms with Crippen molar-refractivity contribution in [3.8, 4) is 0 Å². The molecule has 1 saturated carbocycles. The van der Waals surface area contributed by atoms with Crippen molar-refractivity contribution in [2.45, 2.75) is 12.8 Å². The summed E-state index contributed by atoms with van der Waals surface area (Å²) in [4.78, 5) is 15.8. The topological polar surface area (TPSA) is 79.8 Å². The van der Waals surface area contributed by atoms with E-state index in [-0.39, 0.29) is 17.6 Å². The molecular weight excluding hydrogens is 310 g/mol. The summed E-state index contributed by atoms with van der Waals surface area (Å²) in [7, 11) is 0. The Balaban J connectivity index is 1.96. The molecule has 2 aromatic heterocycles. The van der Waals surface area contributed by atoms with E-state index in [0.717, 1.165) is 12.8 Å². The highest BCUT2D eigenvalue weighted by atomic mass is 79.9. The van der Waals surface area contributed by atoms with E-state index in [1.165, 1.54) is 6.20 Å². The molecule has 6 nitrogen and oxygen atoms in total. The molecule has 1 aliphatic carbocycles. The van der Waals surface area contributed by atoms with Crippen LogP contribution in [-0.2, 0) is 4.79 Å². The van der Waals surface area contributed by atoms with Gasteiger partial charge < -0.3 is 10.6 Å². The third kappa shape index (κ3) is 2.37. The summed E-state index contributed by atoms with van der Waals surface area (Å²) in [6.07, 6.45) is 3.27. The zero-order valence-corrected chi connectivity index (χ0v) is 11.4. The van der Waals surface area contributed by atoms with Gasteiger partial charge in [0.05, 0.1) is 0 Å². The Labute approximate surface area is 122 Å². The van der Waals surface area contributed by atoms with Crippen LogP contribution in [0, 0.1) is 5.92 Å². The monoisotopic (exact) mass is 324 g/mol. The first kappa shape index (κ1) is 9.19. The summed E-state index contributed by atoms with van der Waals surface area (Å²) in [5, 5.41) is 13.5. The molecule has 2 aromatic rings. The van der Waals surface area contributed by atoms with Crippen LogP contribution in [-0.4, -0.2) is 28.1 Å². The first-order valence-electron chi connectivity index (χ1n) is 7.24. The van der Waals surface area contributed by atoms with Crippen molar-refractivity contribution in [2.75, 3.05) is 17.6 Å². The van der Waals surface area contributed by atoms with Crippen LogP contribution in [0.5, 0.6) is 0 Å². The molecule has 0 bridgehead atoms. The summed E-state index contributed by atoms with van der Waals surface area (Å²) in [5.74, 6) is 0.438. The van der Waals surface area contributed by atoms with Gasteiger partial charge in [-0.3, -0.25) is 4.79 Å². The lowest BCUT2D eigenvalue weighted by Crippen LogP contribution is -2.14. The van der Waals surface area contributed by atoms with Crippen molar-refractivity contribution in [1.82, 2.24) is 15.2 Å². The lowest BCUT2D eigenvalue weighted by molar-refractivity contribution is -0.117. The van der Waals surface area contributed by atoms with Crippen molar-refractivity contribution in [2.24, 2.45) is 5.92 Å². The average molecular weight is 325 g/mol. The number of fused-ring (bicyclic) bond motifs is 1. The smallest absolute Gasteiger partial charge is 0.228 e. The number of rotatable bonds is 3. The quantitative estimate of drug-likeness (QED) is 0.904. The number of amides is 1. The van der Waals surface area contributed by atoms with E-state index in [1.807, 2.05) is 0 Å². The molecule has 19 heavy (non-hydrogen) atoms. The molecule has 0 aromatic carbocycles. The fraction of sp³-hybridized carbons (Fsp3) is 0.333. The highest BCUT2D eigenvalue weighted by Crippen LogP contribution is 2.31. The lowest BCUT2D eigenvalue weighted by atomic mass is 10.2. The molecule has 1 aliphatic rings. The van der Waals surface area contributed by atoms with Crippen molar-refractivity contribution in [3.63, 3.8) is 0 Å². The first-order valence-corrected chi connectivity index (χ1v) is 6.54. The number of halogens is 1. The predicted molar refractivity (Wildman–Crippen MR) is 75.9 cm³/mol. The fourth-order valence-electron chi connectivity index (χ4n) is 1.73. The second kappa shape index (κ2) is 4.73. The summed E-state index contributed by atoms with van der Waals surface area (Å²) in [5.41, 5.74) is 0.315. The van der Waals surface area contributed by atoms with Crippen LogP contribution in [0.2, 0.25) is 0 Å². The molecule has 0 aliphatic heterocycles. The van der Waals surface area contributed by atoms with Crippen molar-refractivity contribution < 1.29 is 8.91 Å². The van der Waals surface area contributed by atoms with Gasteiger partial charge in [0.15, 0.2) is 11.6 Å². The van der Waals surface area contributed by atoms with Crippen LogP contribution in [0.15, 0.2) is 16.7 Å². The number of carbonyl (C=O) groups excluding carboxylic acids is 1. The molecule has 7 heteroatoms. The number of hydrogen-bond donors (Lipinski definition) is 2. The summed E-state index contributed by atoms with van der Waals surface area (Å²) in [6.45, 7) is -2.38. The number of pyridine rings is 1. The SMILES string of the molecule is [2H]C([2H])([2H])Nc1ncc(Br)c2cc(NC(=O)C3CC3)nnc12. The molecule has 3 rings (SSSR count). The van der Waals surface area contributed by atoms with Gasteiger partial charge in [-0.15, -0.1) is 10.2 Å². The van der Waals surface area contributed by atoms with Gasteiger partial charge >= 0.3 is 0 Å². The highest BCUT2D eigenvalue weighted by Gasteiger charge is 2.29. The average Bonchev–Trinajstić information content (AvgIpc) is 3.25. The predicted octanol–water partition coefficient (Wildman–Crippen LogP) is 2.18. The maximum absolute atomic E-state index is 11.8. The molecule has 1 amide bonds. The molecular formula is C12H12BrN5O. The van der Waals surface area contributed by atoms with Gasteiger partial charge in [0.1, 0.15) is 5.52 Å². The van der Waals surface area contributed by atoms with E-state index in [4.69, 9.17) is 4.11 Å². The Morgan fingerprint density at radius 2 is 2.37 bits per heavy atom. The second-order valence-corrected chi connectivity index (χ2v) is 5.19. The minimum Gasteiger partial charge on any atom is -0.371 e. The van der Waals surface area contributed by atoms with Crippen molar-refractivity contribution in [3.05, 3.63) is 16.7 Å². The van der Waals surface area contributed by atoms with E-state index in [9.17, 15) is 4.79 Å². The molecule has 0 unspecified atom stereocenters. The van der Waals surface area contributed by atoms with Gasteiger partial charge in [0, 0.05) is 33.1 Å². The molecule has 2 N–H and O–H groups in total. The molecule has 2 heterocycles. The van der Waals surface area contributed by atoms with Crippen LogP contribution in [0.4, 0.5) is 11.6 Å². The van der Waals surface area contributed by atoms with Crippen LogP contribution in [0.3, 0.4) is 0 Å². The fourth-order valence-corrected chi connectivity index (χ4v) is 2.13. The zero-order valence-electron chi connectivity index (χ0n) is 12.8. The Morgan fingerprint density at radius 1 is 1.53 bits per heavy atom. The van der Waals surface area contributed by atoms with Gasteiger partial charge in [0.25, 0.3) is 0 Å². The third-order valence-corrected chi connectivity index (χ3v) is 3.53. The van der Waals surface area contributed by atoms with Crippen molar-refractivity contribution in [1.29, 1.82) is 0 Å². The van der Waals surface area contributed by atoms with Gasteiger partial charge in [-0.25, -0.2) is 4.98 Å². The molecule has 0 spiro atoms. The Hall–Kier alpha value is -1.76. The standard InChI is InChI=1S/C12H12BrN5O/c1-14-11-10-7(8(13)5-15-11)4-9(17-18-10)16-12(19)6-2-3-6/h4-6H,2-3H2,1H3,(H,14,15)(H,16,17,19)/i1D3. The lowest BCUT2D eigenvalue weighted by Gasteiger charge is -2.07. The summed E-state index contributed by atoms with van der Waals surface area (Å²) >= 11 is 3.34. The third-order valence-electron chi connectivity index (χ3n) is 2.90. The van der Waals surface area contributed by atoms with Gasteiger partial charge in [-0.05, 0) is 34.8 Å². The maximum Gasteiger partial charge on any atom is 0.228 e. The number of aromatic nitrogens is 3. The summed E-state index contributed by atoms with van der Waals surface area (Å²) in [6, 6.07) is 1.64. The molecule has 1 fully saturated rings. The molecule has 0 atom stereocenters. The zero-order chi connectivity index (χ0) is 15.9. The van der Waals surface area contributed by atoms with Gasteiger partial charge in [-0.2, -0.15) is 0 Å². The largest absolute Gasteiger partial charge is 0.371 e. The van der Waals surface area contributed by atoms with E-state index in [1.54, 1.807) is 6.07 Å². The normalized spacial score (nSPS) is 17.4. The number of carbonyl (C=O) groups is 1. The Bertz CT molecular complexity index is 747. The molecule has 0 radical (unpaired) electrons. The number of anilines is 2. The van der Waals surface area contributed by atoms with E-state index >= 15 is 0 Å². The number of nitrogens with one attached hydrogen (secondary N) is 2. The van der Waals surface area contributed by atoms with E-state index in [2.05, 4.69) is 41.7 Å². The van der Waals surface area contributed by atoms with Crippen LogP contribution < -0.4 is 10.6 Å². The minimum absolute atomic E-state index is 0.0613. The first-order chi connectivity index (χ1) is 10.3. The van der Waals surface area contributed by atoms with Gasteiger partial charge in [0.2, 0.25) is 5.91 Å². The van der Waals surface area contributed by atoms with Crippen molar-refractivity contribution >= 4 is 44.4 Å². The van der Waals surface area contributed by atoms with Crippen LogP contribution >= 0.6 is 15.9 Å². The van der Waals surface area contributed by atoms with Crippen LogP contribution in [0.1, 0.15) is 17.0 Å². The number of hydrogen-bond acceptors (Lipinski definition) is 5. The highest BCUT2D eigenvalue weighted by molar-refractivity contribution is 9.10.